The van der Waals surface area contributed by atoms with Crippen LogP contribution in [0.2, 0.25) is 0 Å². The number of hydrogen-bond acceptors (Lipinski definition) is 5. The number of para-hydroxylation sites is 2. The maximum Gasteiger partial charge on any atom is 0.279 e. The molecule has 8 nitrogen and oxygen atoms in total. The monoisotopic (exact) mass is 474 g/mol. The normalized spacial score (nSPS) is 11.4. The summed E-state index contributed by atoms with van der Waals surface area (Å²) in [6.45, 7) is 1.45. The molecule has 0 radical (unpaired) electrons. The Labute approximate surface area is 201 Å². The van der Waals surface area contributed by atoms with Crippen molar-refractivity contribution < 1.29 is 23.5 Å². The van der Waals surface area contributed by atoms with E-state index in [2.05, 4.69) is 16.0 Å². The van der Waals surface area contributed by atoms with Crippen molar-refractivity contribution in [2.24, 2.45) is 0 Å². The minimum absolute atomic E-state index is 0.0640. The first-order valence-electron chi connectivity index (χ1n) is 10.8. The van der Waals surface area contributed by atoms with Crippen molar-refractivity contribution in [1.29, 1.82) is 0 Å². The Morgan fingerprint density at radius 1 is 0.971 bits per heavy atom. The number of nitrogens with one attached hydrogen (secondary N) is 2. The van der Waals surface area contributed by atoms with Crippen molar-refractivity contribution in [3.63, 3.8) is 0 Å². The molecule has 0 saturated heterocycles. The molecular formula is C26H23FN4O4. The van der Waals surface area contributed by atoms with Gasteiger partial charge in [-0.3, -0.25) is 20.4 Å². The molecule has 9 heteroatoms. The molecule has 1 aromatic heterocycles. The number of halogens is 1. The molecular weight excluding hydrogens is 451 g/mol. The second kappa shape index (κ2) is 10.5. The highest BCUT2D eigenvalue weighted by atomic mass is 19.1. The largest absolute Gasteiger partial charge is 0.497 e. The molecule has 4 rings (SSSR count). The Balaban J connectivity index is 1.54. The van der Waals surface area contributed by atoms with Crippen molar-refractivity contribution in [3.05, 3.63) is 96.4 Å². The van der Waals surface area contributed by atoms with Crippen molar-refractivity contribution in [3.8, 4) is 28.4 Å². The number of amides is 2. The van der Waals surface area contributed by atoms with E-state index in [1.165, 1.54) is 25.1 Å². The van der Waals surface area contributed by atoms with Crippen molar-refractivity contribution in [2.75, 3.05) is 7.11 Å². The van der Waals surface area contributed by atoms with Gasteiger partial charge in [0.05, 0.1) is 18.4 Å². The molecule has 35 heavy (non-hydrogen) atoms. The van der Waals surface area contributed by atoms with E-state index in [9.17, 15) is 14.0 Å². The fourth-order valence-electron chi connectivity index (χ4n) is 3.31. The quantitative estimate of drug-likeness (QED) is 0.396. The summed E-state index contributed by atoms with van der Waals surface area (Å²) in [4.78, 5) is 25.5. The van der Waals surface area contributed by atoms with Crippen molar-refractivity contribution in [1.82, 2.24) is 20.6 Å². The summed E-state index contributed by atoms with van der Waals surface area (Å²) in [5, 5.41) is 4.60. The van der Waals surface area contributed by atoms with Crippen molar-refractivity contribution in [2.45, 2.75) is 13.0 Å². The number of nitrogens with zero attached hydrogens (tertiary/aromatic N) is 2. The number of ether oxygens (including phenoxy) is 2. The zero-order valence-corrected chi connectivity index (χ0v) is 19.1. The first kappa shape index (κ1) is 23.5. The molecule has 0 unspecified atom stereocenters. The van der Waals surface area contributed by atoms with Crippen LogP contribution < -0.4 is 20.3 Å². The average molecular weight is 474 g/mol. The van der Waals surface area contributed by atoms with Crippen LogP contribution in [0.15, 0.2) is 85.1 Å². The molecule has 0 fully saturated rings. The van der Waals surface area contributed by atoms with E-state index in [0.29, 0.717) is 17.0 Å². The molecule has 4 aromatic rings. The van der Waals surface area contributed by atoms with Crippen LogP contribution in [0.25, 0.3) is 16.9 Å². The smallest absolute Gasteiger partial charge is 0.279 e. The molecule has 0 bridgehead atoms. The summed E-state index contributed by atoms with van der Waals surface area (Å²) >= 11 is 0. The number of methoxy groups -OCH3 is 1. The van der Waals surface area contributed by atoms with Crippen molar-refractivity contribution >= 4 is 11.8 Å². The van der Waals surface area contributed by atoms with Crippen LogP contribution in [0.3, 0.4) is 0 Å². The predicted octanol–water partition coefficient (Wildman–Crippen LogP) is 3.92. The average Bonchev–Trinajstić information content (AvgIpc) is 3.35. The van der Waals surface area contributed by atoms with E-state index in [1.54, 1.807) is 48.3 Å². The highest BCUT2D eigenvalue weighted by Crippen LogP contribution is 2.27. The molecule has 0 saturated carbocycles. The van der Waals surface area contributed by atoms with E-state index in [1.807, 2.05) is 30.3 Å². The third-order valence-corrected chi connectivity index (χ3v) is 5.13. The summed E-state index contributed by atoms with van der Waals surface area (Å²) < 4.78 is 26.0. The predicted molar refractivity (Wildman–Crippen MR) is 128 cm³/mol. The summed E-state index contributed by atoms with van der Waals surface area (Å²) in [6.07, 6.45) is 0.516. The number of hydrazine groups is 1. The lowest BCUT2D eigenvalue weighted by atomic mass is 10.1. The Morgan fingerprint density at radius 2 is 1.71 bits per heavy atom. The van der Waals surface area contributed by atoms with E-state index in [-0.39, 0.29) is 11.3 Å². The van der Waals surface area contributed by atoms with Gasteiger partial charge in [0.25, 0.3) is 11.8 Å². The first-order valence-corrected chi connectivity index (χ1v) is 10.8. The van der Waals surface area contributed by atoms with E-state index in [0.717, 1.165) is 5.69 Å². The fourth-order valence-corrected chi connectivity index (χ4v) is 3.31. The molecule has 178 valence electrons. The van der Waals surface area contributed by atoms with Crippen LogP contribution in [0.1, 0.15) is 17.3 Å². The summed E-state index contributed by atoms with van der Waals surface area (Å²) in [6, 6.07) is 22.2. The Kier molecular flexibility index (Phi) is 7.06. The second-order valence-corrected chi connectivity index (χ2v) is 7.54. The lowest BCUT2D eigenvalue weighted by Crippen LogP contribution is -2.47. The van der Waals surface area contributed by atoms with Crippen LogP contribution in [0.4, 0.5) is 4.39 Å². The van der Waals surface area contributed by atoms with Gasteiger partial charge in [-0.25, -0.2) is 9.07 Å². The van der Waals surface area contributed by atoms with E-state index in [4.69, 9.17) is 9.47 Å². The van der Waals surface area contributed by atoms with Gasteiger partial charge in [-0.15, -0.1) is 0 Å². The second-order valence-electron chi connectivity index (χ2n) is 7.54. The Hall–Kier alpha value is -4.66. The fraction of sp³-hybridized carbons (Fsp3) is 0.115. The van der Waals surface area contributed by atoms with Gasteiger partial charge in [0, 0.05) is 11.8 Å². The van der Waals surface area contributed by atoms with Crippen LogP contribution >= 0.6 is 0 Å². The Bertz CT molecular complexity index is 1340. The third-order valence-electron chi connectivity index (χ3n) is 5.13. The van der Waals surface area contributed by atoms with Gasteiger partial charge in [-0.2, -0.15) is 5.10 Å². The SMILES string of the molecule is COc1cccc(-c2nn(-c3ccccc3)cc2C(=O)NNC(=O)[C@@H](C)Oc2ccccc2F)c1. The van der Waals surface area contributed by atoms with Gasteiger partial charge in [-0.1, -0.05) is 42.5 Å². The molecule has 0 spiro atoms. The van der Waals surface area contributed by atoms with E-state index < -0.39 is 23.7 Å². The maximum absolute atomic E-state index is 13.8. The summed E-state index contributed by atoms with van der Waals surface area (Å²) in [7, 11) is 1.55. The number of hydrogen-bond donors (Lipinski definition) is 2. The number of benzene rings is 3. The molecule has 1 heterocycles. The van der Waals surface area contributed by atoms with Crippen LogP contribution in [-0.4, -0.2) is 34.8 Å². The lowest BCUT2D eigenvalue weighted by molar-refractivity contribution is -0.128. The van der Waals surface area contributed by atoms with Crippen LogP contribution in [0, 0.1) is 5.82 Å². The number of carbonyl (C=O) groups is 2. The molecule has 2 N–H and O–H groups in total. The molecule has 0 aliphatic heterocycles. The Morgan fingerprint density at radius 3 is 2.46 bits per heavy atom. The standard InChI is InChI=1S/C26H23FN4O4/c1-17(35-23-14-7-6-13-22(23)27)25(32)28-29-26(33)21-16-31(19-10-4-3-5-11-19)30-24(21)18-9-8-12-20(15-18)34-2/h3-17H,1-2H3,(H,28,32)(H,29,33)/t17-/m1/s1. The number of aromatic nitrogens is 2. The van der Waals surface area contributed by atoms with Gasteiger partial charge in [0.1, 0.15) is 11.4 Å². The third kappa shape index (κ3) is 5.47. The maximum atomic E-state index is 13.8. The number of carbonyl (C=O) groups excluding carboxylic acids is 2. The first-order chi connectivity index (χ1) is 17.0. The minimum atomic E-state index is -1.06. The highest BCUT2D eigenvalue weighted by molar-refractivity contribution is 6.01. The lowest BCUT2D eigenvalue weighted by Gasteiger charge is -2.15. The highest BCUT2D eigenvalue weighted by Gasteiger charge is 2.22. The number of rotatable bonds is 7. The minimum Gasteiger partial charge on any atom is -0.497 e. The molecule has 0 aliphatic carbocycles. The van der Waals surface area contributed by atoms with E-state index >= 15 is 0 Å². The van der Waals surface area contributed by atoms with Crippen LogP contribution in [-0.2, 0) is 4.79 Å². The zero-order valence-electron chi connectivity index (χ0n) is 19.1. The van der Waals surface area contributed by atoms with Gasteiger partial charge in [-0.05, 0) is 43.3 Å². The van der Waals surface area contributed by atoms with Gasteiger partial charge < -0.3 is 9.47 Å². The summed E-state index contributed by atoms with van der Waals surface area (Å²) in [5.41, 5.74) is 6.75. The summed E-state index contributed by atoms with van der Waals surface area (Å²) in [5.74, 6) is -1.29. The van der Waals surface area contributed by atoms with Crippen LogP contribution in [0.5, 0.6) is 11.5 Å². The zero-order chi connectivity index (χ0) is 24.8. The van der Waals surface area contributed by atoms with Gasteiger partial charge >= 0.3 is 0 Å². The molecule has 3 aromatic carbocycles. The molecule has 0 aliphatic rings. The topological polar surface area (TPSA) is 94.5 Å². The van der Waals surface area contributed by atoms with Gasteiger partial charge in [0.2, 0.25) is 0 Å². The molecule has 1 atom stereocenters. The van der Waals surface area contributed by atoms with Gasteiger partial charge in [0.15, 0.2) is 17.7 Å². The molecule has 2 amide bonds.